The van der Waals surface area contributed by atoms with Gasteiger partial charge in [-0.2, -0.15) is 0 Å². The Bertz CT molecular complexity index is 816. The largest absolute Gasteiger partial charge is 0.366 e. The van der Waals surface area contributed by atoms with E-state index in [1.165, 1.54) is 36.4 Å². The highest BCUT2D eigenvalue weighted by Gasteiger charge is 2.22. The molecule has 0 heterocycles. The molecule has 2 aromatic rings. The van der Waals surface area contributed by atoms with Crippen LogP contribution in [0.4, 0.5) is 5.69 Å². The number of primary amides is 1. The molecule has 2 rings (SSSR count). The molecule has 0 unspecified atom stereocenters. The summed E-state index contributed by atoms with van der Waals surface area (Å²) < 4.78 is 27.7. The Kier molecular flexibility index (Phi) is 5.01. The van der Waals surface area contributed by atoms with Crippen molar-refractivity contribution in [3.05, 3.63) is 56.5 Å². The Labute approximate surface area is 145 Å². The number of amides is 1. The fourth-order valence-electron chi connectivity index (χ4n) is 1.69. The van der Waals surface area contributed by atoms with E-state index in [1.54, 1.807) is 0 Å². The van der Waals surface area contributed by atoms with E-state index in [2.05, 4.69) is 20.7 Å². The molecule has 9 heteroatoms. The third-order valence-electron chi connectivity index (χ3n) is 2.65. The predicted octanol–water partition coefficient (Wildman–Crippen LogP) is 3.66. The summed E-state index contributed by atoms with van der Waals surface area (Å²) in [5.74, 6) is -0.603. The lowest BCUT2D eigenvalue weighted by Gasteiger charge is -2.11. The van der Waals surface area contributed by atoms with Gasteiger partial charge in [-0.15, -0.1) is 0 Å². The molecule has 3 N–H and O–H groups in total. The predicted molar refractivity (Wildman–Crippen MR) is 89.9 cm³/mol. The van der Waals surface area contributed by atoms with Gasteiger partial charge in [0.25, 0.3) is 10.0 Å². The molecule has 0 radical (unpaired) electrons. The summed E-state index contributed by atoms with van der Waals surface area (Å²) in [6.07, 6.45) is 0. The van der Waals surface area contributed by atoms with Crippen LogP contribution in [-0.2, 0) is 10.0 Å². The first-order valence-electron chi connectivity index (χ1n) is 5.78. The van der Waals surface area contributed by atoms with E-state index < -0.39 is 15.9 Å². The smallest absolute Gasteiger partial charge is 0.264 e. The molecule has 0 bridgehead atoms. The maximum Gasteiger partial charge on any atom is 0.264 e. The summed E-state index contributed by atoms with van der Waals surface area (Å²) in [6.45, 7) is 0. The molecular weight excluding hydrogens is 415 g/mol. The van der Waals surface area contributed by atoms with Gasteiger partial charge in [-0.05, 0) is 36.4 Å². The summed E-state index contributed by atoms with van der Waals surface area (Å²) in [6, 6.07) is 8.50. The molecule has 2 aromatic carbocycles. The van der Waals surface area contributed by atoms with Gasteiger partial charge in [0.05, 0.1) is 10.0 Å². The zero-order valence-electron chi connectivity index (χ0n) is 10.8. The van der Waals surface area contributed by atoms with Crippen LogP contribution in [0.25, 0.3) is 0 Å². The Balaban J connectivity index is 2.38. The Morgan fingerprint density at radius 2 is 1.59 bits per heavy atom. The molecule has 22 heavy (non-hydrogen) atoms. The van der Waals surface area contributed by atoms with Crippen LogP contribution < -0.4 is 10.5 Å². The molecule has 0 fully saturated rings. The average molecular weight is 424 g/mol. The van der Waals surface area contributed by atoms with Gasteiger partial charge >= 0.3 is 0 Å². The minimum absolute atomic E-state index is 0.0133. The van der Waals surface area contributed by atoms with Crippen molar-refractivity contribution < 1.29 is 13.2 Å². The van der Waals surface area contributed by atoms with E-state index in [0.29, 0.717) is 4.47 Å². The normalized spacial score (nSPS) is 11.2. The average Bonchev–Trinajstić information content (AvgIpc) is 2.36. The standard InChI is InChI=1S/C13H9BrCl2N2O3S/c14-8-5-10(15)12(11(16)6-8)22(20,21)18-9-3-1-7(2-4-9)13(17)19/h1-6,18H,(H2,17,19). The number of benzene rings is 2. The van der Waals surface area contributed by atoms with Gasteiger partial charge in [-0.25, -0.2) is 8.42 Å². The number of sulfonamides is 1. The quantitative estimate of drug-likeness (QED) is 0.786. The number of hydrogen-bond donors (Lipinski definition) is 2. The Hall–Kier alpha value is -1.28. The number of carbonyl (C=O) groups is 1. The van der Waals surface area contributed by atoms with E-state index in [9.17, 15) is 13.2 Å². The van der Waals surface area contributed by atoms with Crippen molar-refractivity contribution in [1.29, 1.82) is 0 Å². The molecule has 116 valence electrons. The van der Waals surface area contributed by atoms with Gasteiger partial charge in [-0.3, -0.25) is 9.52 Å². The van der Waals surface area contributed by atoms with E-state index in [1.807, 2.05) is 0 Å². The lowest BCUT2D eigenvalue weighted by atomic mass is 10.2. The first kappa shape index (κ1) is 17.1. The lowest BCUT2D eigenvalue weighted by Crippen LogP contribution is -2.15. The monoisotopic (exact) mass is 422 g/mol. The molecule has 0 aliphatic rings. The summed E-state index contributed by atoms with van der Waals surface area (Å²) in [5, 5.41) is -0.0266. The second kappa shape index (κ2) is 6.45. The molecule has 0 atom stereocenters. The molecule has 0 saturated carbocycles. The van der Waals surface area contributed by atoms with Crippen molar-refractivity contribution in [3.8, 4) is 0 Å². The lowest BCUT2D eigenvalue weighted by molar-refractivity contribution is 0.100. The molecule has 0 aliphatic carbocycles. The number of hydrogen-bond acceptors (Lipinski definition) is 3. The summed E-state index contributed by atoms with van der Waals surface area (Å²) >= 11 is 15.1. The zero-order chi connectivity index (χ0) is 16.5. The fourth-order valence-corrected chi connectivity index (χ4v) is 4.69. The minimum Gasteiger partial charge on any atom is -0.366 e. The van der Waals surface area contributed by atoms with E-state index in [4.69, 9.17) is 28.9 Å². The van der Waals surface area contributed by atoms with Crippen molar-refractivity contribution in [3.63, 3.8) is 0 Å². The van der Waals surface area contributed by atoms with Crippen LogP contribution in [0.1, 0.15) is 10.4 Å². The van der Waals surface area contributed by atoms with E-state index >= 15 is 0 Å². The zero-order valence-corrected chi connectivity index (χ0v) is 14.7. The minimum atomic E-state index is -3.98. The number of rotatable bonds is 4. The van der Waals surface area contributed by atoms with Gasteiger partial charge in [0.2, 0.25) is 5.91 Å². The fraction of sp³-hybridized carbons (Fsp3) is 0. The molecule has 0 aromatic heterocycles. The van der Waals surface area contributed by atoms with Crippen molar-refractivity contribution in [2.45, 2.75) is 4.90 Å². The van der Waals surface area contributed by atoms with Crippen molar-refractivity contribution in [2.24, 2.45) is 5.73 Å². The topological polar surface area (TPSA) is 89.3 Å². The van der Waals surface area contributed by atoms with Crippen molar-refractivity contribution in [2.75, 3.05) is 4.72 Å². The van der Waals surface area contributed by atoms with Gasteiger partial charge in [0.15, 0.2) is 0 Å². The van der Waals surface area contributed by atoms with Crippen LogP contribution in [0.5, 0.6) is 0 Å². The highest BCUT2D eigenvalue weighted by atomic mass is 79.9. The van der Waals surface area contributed by atoms with Crippen LogP contribution in [0.15, 0.2) is 45.8 Å². The summed E-state index contributed by atoms with van der Waals surface area (Å²) in [7, 11) is -3.98. The van der Waals surface area contributed by atoms with Crippen LogP contribution >= 0.6 is 39.1 Å². The Morgan fingerprint density at radius 3 is 2.05 bits per heavy atom. The third-order valence-corrected chi connectivity index (χ3v) is 5.41. The Morgan fingerprint density at radius 1 is 1.09 bits per heavy atom. The first-order chi connectivity index (χ1) is 10.2. The van der Waals surface area contributed by atoms with Crippen LogP contribution in [0.3, 0.4) is 0 Å². The van der Waals surface area contributed by atoms with Crippen molar-refractivity contribution in [1.82, 2.24) is 0 Å². The number of carbonyl (C=O) groups excluding carboxylic acids is 1. The molecular formula is C13H9BrCl2N2O3S. The maximum absolute atomic E-state index is 12.4. The summed E-state index contributed by atoms with van der Waals surface area (Å²) in [4.78, 5) is 10.8. The van der Waals surface area contributed by atoms with E-state index in [0.717, 1.165) is 0 Å². The van der Waals surface area contributed by atoms with Gasteiger partial charge < -0.3 is 5.73 Å². The highest BCUT2D eigenvalue weighted by molar-refractivity contribution is 9.10. The second-order valence-electron chi connectivity index (χ2n) is 4.25. The van der Waals surface area contributed by atoms with Crippen molar-refractivity contribution >= 4 is 60.7 Å². The van der Waals surface area contributed by atoms with Crippen LogP contribution in [0, 0.1) is 0 Å². The maximum atomic E-state index is 12.4. The number of nitrogens with one attached hydrogen (secondary N) is 1. The number of halogens is 3. The summed E-state index contributed by atoms with van der Waals surface area (Å²) in [5.41, 5.74) is 5.64. The van der Waals surface area contributed by atoms with Gasteiger partial charge in [0.1, 0.15) is 4.90 Å². The molecule has 0 saturated heterocycles. The van der Waals surface area contributed by atoms with E-state index in [-0.39, 0.29) is 26.2 Å². The number of anilines is 1. The molecule has 0 aliphatic heterocycles. The SMILES string of the molecule is NC(=O)c1ccc(NS(=O)(=O)c2c(Cl)cc(Br)cc2Cl)cc1. The van der Waals surface area contributed by atoms with Gasteiger partial charge in [0, 0.05) is 15.7 Å². The van der Waals surface area contributed by atoms with Gasteiger partial charge in [-0.1, -0.05) is 39.1 Å². The second-order valence-corrected chi connectivity index (χ2v) is 7.59. The van der Waals surface area contributed by atoms with Crippen LogP contribution in [-0.4, -0.2) is 14.3 Å². The van der Waals surface area contributed by atoms with Crippen LogP contribution in [0.2, 0.25) is 10.0 Å². The molecule has 1 amide bonds. The number of nitrogens with two attached hydrogens (primary N) is 1. The highest BCUT2D eigenvalue weighted by Crippen LogP contribution is 2.33. The third kappa shape index (κ3) is 3.73. The molecule has 5 nitrogen and oxygen atoms in total. The molecule has 0 spiro atoms. The first-order valence-corrected chi connectivity index (χ1v) is 8.81.